The molecule has 0 bridgehead atoms. The molecule has 1 nitrogen and oxygen atoms in total. The summed E-state index contributed by atoms with van der Waals surface area (Å²) in [6.07, 6.45) is 8.31. The molecule has 1 aliphatic carbocycles. The van der Waals surface area contributed by atoms with Gasteiger partial charge in [0.15, 0.2) is 0 Å². The molecule has 0 unspecified atom stereocenters. The molecule has 1 aliphatic rings. The van der Waals surface area contributed by atoms with Crippen molar-refractivity contribution < 1.29 is 0 Å². The van der Waals surface area contributed by atoms with Crippen LogP contribution in [-0.2, 0) is 0 Å². The normalized spacial score (nSPS) is 29.8. The second kappa shape index (κ2) is 7.68. The predicted octanol–water partition coefficient (Wildman–Crippen LogP) is 4.31. The van der Waals surface area contributed by atoms with Gasteiger partial charge in [-0.2, -0.15) is 11.8 Å². The molecule has 0 aromatic heterocycles. The largest absolute Gasteiger partial charge is 0.330 e. The fraction of sp³-hybridized carbons (Fsp3) is 1.00. The molecule has 0 radical (unpaired) electrons. The van der Waals surface area contributed by atoms with E-state index in [1.165, 1.54) is 50.0 Å². The Morgan fingerprint density at radius 2 is 1.94 bits per heavy atom. The van der Waals surface area contributed by atoms with E-state index in [4.69, 9.17) is 5.73 Å². The summed E-state index contributed by atoms with van der Waals surface area (Å²) < 4.78 is 0. The van der Waals surface area contributed by atoms with Crippen molar-refractivity contribution in [3.63, 3.8) is 0 Å². The molecule has 1 fully saturated rings. The van der Waals surface area contributed by atoms with Crippen LogP contribution >= 0.6 is 11.8 Å². The Bertz CT molecular complexity index is 195. The van der Waals surface area contributed by atoms with Crippen LogP contribution in [0.1, 0.15) is 59.3 Å². The lowest BCUT2D eigenvalue weighted by Crippen LogP contribution is -2.36. The molecule has 2 N–H and O–H groups in total. The molecule has 0 spiro atoms. The molecule has 0 atom stereocenters. The van der Waals surface area contributed by atoms with Crippen molar-refractivity contribution in [3.8, 4) is 0 Å². The highest BCUT2D eigenvalue weighted by Crippen LogP contribution is 2.43. The summed E-state index contributed by atoms with van der Waals surface area (Å²) in [6, 6.07) is 0. The zero-order chi connectivity index (χ0) is 12.7. The maximum atomic E-state index is 6.07. The van der Waals surface area contributed by atoms with Gasteiger partial charge in [0, 0.05) is 0 Å². The third kappa shape index (κ3) is 4.82. The second-order valence-electron chi connectivity index (χ2n) is 6.09. The van der Waals surface area contributed by atoms with Crippen LogP contribution in [0.3, 0.4) is 0 Å². The Morgan fingerprint density at radius 3 is 2.41 bits per heavy atom. The van der Waals surface area contributed by atoms with Gasteiger partial charge in [0.25, 0.3) is 0 Å². The van der Waals surface area contributed by atoms with Crippen molar-refractivity contribution in [2.45, 2.75) is 59.3 Å². The highest BCUT2D eigenvalue weighted by molar-refractivity contribution is 7.99. The minimum atomic E-state index is 0.500. The Labute approximate surface area is 112 Å². The predicted molar refractivity (Wildman–Crippen MR) is 80.5 cm³/mol. The van der Waals surface area contributed by atoms with Crippen molar-refractivity contribution in [1.82, 2.24) is 0 Å². The van der Waals surface area contributed by atoms with E-state index in [1.54, 1.807) is 0 Å². The summed E-state index contributed by atoms with van der Waals surface area (Å²) in [6.45, 7) is 7.90. The number of hydrogen-bond acceptors (Lipinski definition) is 2. The van der Waals surface area contributed by atoms with E-state index < -0.39 is 0 Å². The molecule has 17 heavy (non-hydrogen) atoms. The fourth-order valence-corrected chi connectivity index (χ4v) is 3.81. The van der Waals surface area contributed by atoms with Crippen LogP contribution in [0.15, 0.2) is 0 Å². The van der Waals surface area contributed by atoms with Crippen molar-refractivity contribution in [2.24, 2.45) is 23.0 Å². The third-order valence-corrected chi connectivity index (χ3v) is 5.65. The molecule has 0 saturated heterocycles. The molecule has 0 aliphatic heterocycles. The first-order valence-corrected chi connectivity index (χ1v) is 8.57. The van der Waals surface area contributed by atoms with E-state index >= 15 is 0 Å². The summed E-state index contributed by atoms with van der Waals surface area (Å²) in [5, 5.41) is 0. The SMILES string of the molecule is CCSCCCC1(CN)CCC(C(C)C)CC1. The van der Waals surface area contributed by atoms with Crippen LogP contribution in [0, 0.1) is 17.3 Å². The fourth-order valence-electron chi connectivity index (χ4n) is 3.17. The van der Waals surface area contributed by atoms with Gasteiger partial charge in [0.05, 0.1) is 0 Å². The zero-order valence-electron chi connectivity index (χ0n) is 12.0. The molecule has 0 heterocycles. The van der Waals surface area contributed by atoms with Gasteiger partial charge < -0.3 is 5.73 Å². The van der Waals surface area contributed by atoms with Crippen molar-refractivity contribution in [2.75, 3.05) is 18.1 Å². The summed E-state index contributed by atoms with van der Waals surface area (Å²) in [7, 11) is 0. The van der Waals surface area contributed by atoms with E-state index in [1.807, 2.05) is 0 Å². The van der Waals surface area contributed by atoms with Gasteiger partial charge in [-0.3, -0.25) is 0 Å². The average Bonchev–Trinajstić information content (AvgIpc) is 2.35. The third-order valence-electron chi connectivity index (χ3n) is 4.67. The van der Waals surface area contributed by atoms with Crippen LogP contribution in [-0.4, -0.2) is 18.1 Å². The number of thioether (sulfide) groups is 1. The molecule has 2 heteroatoms. The van der Waals surface area contributed by atoms with E-state index in [0.717, 1.165) is 18.4 Å². The first-order chi connectivity index (χ1) is 8.13. The van der Waals surface area contributed by atoms with E-state index in [9.17, 15) is 0 Å². The van der Waals surface area contributed by atoms with Crippen LogP contribution in [0.5, 0.6) is 0 Å². The minimum absolute atomic E-state index is 0.500. The lowest BCUT2D eigenvalue weighted by Gasteiger charge is -2.41. The Balaban J connectivity index is 2.33. The number of rotatable bonds is 7. The van der Waals surface area contributed by atoms with Gasteiger partial charge in [-0.1, -0.05) is 20.8 Å². The Morgan fingerprint density at radius 1 is 1.29 bits per heavy atom. The highest BCUT2D eigenvalue weighted by Gasteiger charge is 2.34. The average molecular weight is 257 g/mol. The monoisotopic (exact) mass is 257 g/mol. The van der Waals surface area contributed by atoms with Gasteiger partial charge in [-0.25, -0.2) is 0 Å². The molecular formula is C15H31NS. The summed E-state index contributed by atoms with van der Waals surface area (Å²) in [5.41, 5.74) is 6.57. The van der Waals surface area contributed by atoms with Crippen LogP contribution < -0.4 is 5.73 Å². The van der Waals surface area contributed by atoms with E-state index in [0.29, 0.717) is 5.41 Å². The first kappa shape index (κ1) is 15.4. The van der Waals surface area contributed by atoms with Crippen LogP contribution in [0.25, 0.3) is 0 Å². The zero-order valence-corrected chi connectivity index (χ0v) is 12.8. The Kier molecular flexibility index (Phi) is 6.94. The van der Waals surface area contributed by atoms with E-state index in [-0.39, 0.29) is 0 Å². The molecule has 0 aromatic carbocycles. The number of nitrogens with two attached hydrogens (primary N) is 1. The van der Waals surface area contributed by atoms with Gasteiger partial charge in [0.1, 0.15) is 0 Å². The van der Waals surface area contributed by atoms with E-state index in [2.05, 4.69) is 32.5 Å². The maximum Gasteiger partial charge on any atom is -0.00205 e. The molecule has 1 rings (SSSR count). The second-order valence-corrected chi connectivity index (χ2v) is 7.48. The molecule has 0 amide bonds. The molecular weight excluding hydrogens is 226 g/mol. The maximum absolute atomic E-state index is 6.07. The summed E-state index contributed by atoms with van der Waals surface area (Å²) in [5.74, 6) is 4.40. The highest BCUT2D eigenvalue weighted by atomic mass is 32.2. The quantitative estimate of drug-likeness (QED) is 0.688. The summed E-state index contributed by atoms with van der Waals surface area (Å²) >= 11 is 2.07. The molecule has 0 aromatic rings. The first-order valence-electron chi connectivity index (χ1n) is 7.41. The van der Waals surface area contributed by atoms with Gasteiger partial charge >= 0.3 is 0 Å². The van der Waals surface area contributed by atoms with Gasteiger partial charge in [-0.05, 0) is 73.8 Å². The van der Waals surface area contributed by atoms with Crippen LogP contribution in [0.4, 0.5) is 0 Å². The smallest absolute Gasteiger partial charge is 0.00205 e. The lowest BCUT2D eigenvalue weighted by atomic mass is 9.66. The standard InChI is InChI=1S/C15H31NS/c1-4-17-11-5-8-15(12-16)9-6-14(7-10-15)13(2)3/h13-14H,4-12,16H2,1-3H3. The topological polar surface area (TPSA) is 26.0 Å². The van der Waals surface area contributed by atoms with Crippen molar-refractivity contribution >= 4 is 11.8 Å². The van der Waals surface area contributed by atoms with Crippen molar-refractivity contribution in [1.29, 1.82) is 0 Å². The van der Waals surface area contributed by atoms with Gasteiger partial charge in [0.2, 0.25) is 0 Å². The van der Waals surface area contributed by atoms with Crippen molar-refractivity contribution in [3.05, 3.63) is 0 Å². The number of hydrogen-bond donors (Lipinski definition) is 1. The lowest BCUT2D eigenvalue weighted by molar-refractivity contribution is 0.122. The van der Waals surface area contributed by atoms with Gasteiger partial charge in [-0.15, -0.1) is 0 Å². The van der Waals surface area contributed by atoms with Crippen LogP contribution in [0.2, 0.25) is 0 Å². The Hall–Kier alpha value is 0.310. The molecule has 102 valence electrons. The summed E-state index contributed by atoms with van der Waals surface area (Å²) in [4.78, 5) is 0. The minimum Gasteiger partial charge on any atom is -0.330 e. The molecule has 1 saturated carbocycles.